The molecule has 0 spiro atoms. The summed E-state index contributed by atoms with van der Waals surface area (Å²) in [6.45, 7) is 3.09. The fraction of sp³-hybridized carbons (Fsp3) is 0.222. The average molecular weight is 590 g/mol. The van der Waals surface area contributed by atoms with Crippen LogP contribution in [0, 0.1) is 12.7 Å². The predicted molar refractivity (Wildman–Crippen MR) is 168 cm³/mol. The Labute approximate surface area is 254 Å². The van der Waals surface area contributed by atoms with Crippen molar-refractivity contribution in [2.75, 3.05) is 6.61 Å². The van der Waals surface area contributed by atoms with Crippen LogP contribution in [0.15, 0.2) is 78.9 Å². The van der Waals surface area contributed by atoms with Crippen LogP contribution in [-0.2, 0) is 38.0 Å². The van der Waals surface area contributed by atoms with Crippen molar-refractivity contribution in [2.24, 2.45) is 7.05 Å². The lowest BCUT2D eigenvalue weighted by Crippen LogP contribution is -2.13. The zero-order chi connectivity index (χ0) is 30.4. The van der Waals surface area contributed by atoms with E-state index in [1.165, 1.54) is 6.07 Å². The Bertz CT molecular complexity index is 2050. The van der Waals surface area contributed by atoms with E-state index in [-0.39, 0.29) is 18.8 Å². The fourth-order valence-corrected chi connectivity index (χ4v) is 6.52. The monoisotopic (exact) mass is 589 g/mol. The summed E-state index contributed by atoms with van der Waals surface area (Å²) in [6, 6.07) is 25.0. The third kappa shape index (κ3) is 4.72. The van der Waals surface area contributed by atoms with Gasteiger partial charge in [-0.25, -0.2) is 9.18 Å². The highest BCUT2D eigenvalue weighted by Gasteiger charge is 2.29. The first-order chi connectivity index (χ1) is 21.4. The van der Waals surface area contributed by atoms with E-state index in [1.54, 1.807) is 15.3 Å². The lowest BCUT2D eigenvalue weighted by molar-refractivity contribution is 0.0684. The number of aromatic nitrogens is 3. The molecule has 4 aromatic carbocycles. The Morgan fingerprint density at radius 2 is 1.73 bits per heavy atom. The zero-order valence-corrected chi connectivity index (χ0v) is 24.6. The topological polar surface area (TPSA) is 78.5 Å². The van der Waals surface area contributed by atoms with Gasteiger partial charge in [-0.1, -0.05) is 60.7 Å². The standard InChI is InChI=1S/C36H32FN3O4/c1-22-32-30(38-39(22)2)21-43-20-25-11-4-3-10-24(25)19-40-34-28(16-17-29(37)33(32)34)27(35(40)36(41)42)14-8-18-44-31-15-7-12-23-9-5-6-13-26(23)31/h3-7,9-13,15-17H,8,14,18-21H2,1-2H3,(H,41,42). The Kier molecular flexibility index (Phi) is 7.14. The first-order valence-electron chi connectivity index (χ1n) is 14.8. The van der Waals surface area contributed by atoms with Crippen LogP contribution in [-0.4, -0.2) is 32.0 Å². The van der Waals surface area contributed by atoms with Crippen molar-refractivity contribution in [2.45, 2.75) is 39.5 Å². The van der Waals surface area contributed by atoms with Gasteiger partial charge in [0.05, 0.1) is 31.0 Å². The molecule has 2 aromatic heterocycles. The summed E-state index contributed by atoms with van der Waals surface area (Å²) in [5.41, 5.74) is 5.65. The molecule has 44 heavy (non-hydrogen) atoms. The second-order valence-electron chi connectivity index (χ2n) is 11.3. The summed E-state index contributed by atoms with van der Waals surface area (Å²) >= 11 is 0. The number of nitrogens with zero attached hydrogens (tertiary/aromatic N) is 3. The maximum atomic E-state index is 16.1. The van der Waals surface area contributed by atoms with Crippen molar-refractivity contribution in [3.63, 3.8) is 0 Å². The van der Waals surface area contributed by atoms with Crippen LogP contribution in [0.5, 0.6) is 5.75 Å². The molecule has 0 atom stereocenters. The molecule has 0 bridgehead atoms. The van der Waals surface area contributed by atoms with Gasteiger partial charge in [-0.2, -0.15) is 5.10 Å². The molecule has 0 unspecified atom stereocenters. The van der Waals surface area contributed by atoms with E-state index < -0.39 is 11.8 Å². The maximum absolute atomic E-state index is 16.1. The smallest absolute Gasteiger partial charge is 0.352 e. The summed E-state index contributed by atoms with van der Waals surface area (Å²) < 4.78 is 31.8. The van der Waals surface area contributed by atoms with Gasteiger partial charge in [-0.3, -0.25) is 4.68 Å². The van der Waals surface area contributed by atoms with E-state index in [2.05, 4.69) is 5.10 Å². The van der Waals surface area contributed by atoms with Crippen LogP contribution in [0.1, 0.15) is 45.0 Å². The number of rotatable bonds is 6. The second-order valence-corrected chi connectivity index (χ2v) is 11.3. The highest BCUT2D eigenvalue weighted by molar-refractivity contribution is 6.04. The van der Waals surface area contributed by atoms with Crippen LogP contribution in [0.3, 0.4) is 0 Å². The summed E-state index contributed by atoms with van der Waals surface area (Å²) in [7, 11) is 1.82. The Hall–Kier alpha value is -4.95. The van der Waals surface area contributed by atoms with E-state index in [0.29, 0.717) is 54.0 Å². The summed E-state index contributed by atoms with van der Waals surface area (Å²) in [5.74, 6) is -0.686. The number of aromatic carboxylic acids is 1. The normalized spacial score (nSPS) is 13.0. The second kappa shape index (κ2) is 11.3. The molecule has 1 aliphatic rings. The van der Waals surface area contributed by atoms with Gasteiger partial charge in [0.15, 0.2) is 0 Å². The SMILES string of the molecule is Cc1c2c(nn1C)COCc1ccccc1Cn1c(C(=O)O)c(CCCOc3cccc4ccccc34)c3ccc(F)c-2c31. The first kappa shape index (κ1) is 27.9. The molecule has 3 heterocycles. The lowest BCUT2D eigenvalue weighted by Gasteiger charge is -2.15. The number of carboxylic acid groups (broad SMARTS) is 1. The van der Waals surface area contributed by atoms with E-state index in [4.69, 9.17) is 9.47 Å². The van der Waals surface area contributed by atoms with Crippen molar-refractivity contribution in [3.8, 4) is 16.9 Å². The first-order valence-corrected chi connectivity index (χ1v) is 14.8. The number of hydrogen-bond donors (Lipinski definition) is 1. The Balaban J connectivity index is 1.36. The van der Waals surface area contributed by atoms with Gasteiger partial charge in [0, 0.05) is 41.2 Å². The van der Waals surface area contributed by atoms with Gasteiger partial charge in [-0.15, -0.1) is 0 Å². The minimum atomic E-state index is -1.05. The van der Waals surface area contributed by atoms with Crippen molar-refractivity contribution in [1.82, 2.24) is 14.3 Å². The number of hydrogen-bond acceptors (Lipinski definition) is 4. The van der Waals surface area contributed by atoms with E-state index in [9.17, 15) is 9.90 Å². The number of carbonyl (C=O) groups is 1. The minimum absolute atomic E-state index is 0.162. The third-order valence-electron chi connectivity index (χ3n) is 8.66. The summed E-state index contributed by atoms with van der Waals surface area (Å²) in [5, 5.41) is 18.2. The molecule has 0 saturated heterocycles. The van der Waals surface area contributed by atoms with Gasteiger partial charge in [0.1, 0.15) is 17.3 Å². The third-order valence-corrected chi connectivity index (χ3v) is 8.66. The van der Waals surface area contributed by atoms with Crippen LogP contribution >= 0.6 is 0 Å². The molecule has 222 valence electrons. The molecule has 1 aliphatic heterocycles. The summed E-state index contributed by atoms with van der Waals surface area (Å²) in [4.78, 5) is 13.1. The highest BCUT2D eigenvalue weighted by atomic mass is 19.1. The van der Waals surface area contributed by atoms with Crippen molar-refractivity contribution in [1.29, 1.82) is 0 Å². The van der Waals surface area contributed by atoms with Crippen molar-refractivity contribution in [3.05, 3.63) is 118 Å². The zero-order valence-electron chi connectivity index (χ0n) is 24.6. The lowest BCUT2D eigenvalue weighted by atomic mass is 9.97. The van der Waals surface area contributed by atoms with E-state index in [0.717, 1.165) is 38.7 Å². The minimum Gasteiger partial charge on any atom is -0.493 e. The van der Waals surface area contributed by atoms with Crippen LogP contribution < -0.4 is 4.74 Å². The van der Waals surface area contributed by atoms with Crippen LogP contribution in [0.25, 0.3) is 32.8 Å². The van der Waals surface area contributed by atoms with Gasteiger partial charge in [0.2, 0.25) is 0 Å². The maximum Gasteiger partial charge on any atom is 0.352 e. The molecular formula is C36H32FN3O4. The molecule has 0 amide bonds. The summed E-state index contributed by atoms with van der Waals surface area (Å²) in [6.07, 6.45) is 1.03. The van der Waals surface area contributed by atoms with Crippen molar-refractivity contribution < 1.29 is 23.8 Å². The fourth-order valence-electron chi connectivity index (χ4n) is 6.52. The van der Waals surface area contributed by atoms with Crippen LogP contribution in [0.2, 0.25) is 0 Å². The van der Waals surface area contributed by atoms with E-state index in [1.807, 2.05) is 80.7 Å². The molecule has 6 aromatic rings. The molecule has 8 heteroatoms. The quantitative estimate of drug-likeness (QED) is 0.205. The van der Waals surface area contributed by atoms with Crippen molar-refractivity contribution >= 4 is 27.6 Å². The number of benzene rings is 4. The molecule has 0 radical (unpaired) electrons. The van der Waals surface area contributed by atoms with Crippen LogP contribution in [0.4, 0.5) is 4.39 Å². The molecule has 0 aliphatic carbocycles. The largest absolute Gasteiger partial charge is 0.493 e. The van der Waals surface area contributed by atoms with Gasteiger partial charge >= 0.3 is 5.97 Å². The number of halogens is 1. The number of aryl methyl sites for hydroxylation is 2. The van der Waals surface area contributed by atoms with E-state index >= 15 is 4.39 Å². The molecule has 7 rings (SSSR count). The molecule has 0 saturated carbocycles. The number of ether oxygens (including phenoxy) is 2. The Morgan fingerprint density at radius 1 is 0.955 bits per heavy atom. The molecule has 7 nitrogen and oxygen atoms in total. The van der Waals surface area contributed by atoms with Gasteiger partial charge < -0.3 is 19.1 Å². The predicted octanol–water partition coefficient (Wildman–Crippen LogP) is 7.43. The van der Waals surface area contributed by atoms with Gasteiger partial charge in [-0.05, 0) is 60.0 Å². The molecule has 0 fully saturated rings. The Morgan fingerprint density at radius 3 is 2.57 bits per heavy atom. The van der Waals surface area contributed by atoms with Gasteiger partial charge in [0.25, 0.3) is 0 Å². The highest BCUT2D eigenvalue weighted by Crippen LogP contribution is 2.41. The average Bonchev–Trinajstić information content (AvgIpc) is 3.47. The molecule has 1 N–H and O–H groups in total. The molecular weight excluding hydrogens is 557 g/mol. The number of fused-ring (bicyclic) bond motifs is 4. The number of carboxylic acids is 1.